The first-order valence-electron chi connectivity index (χ1n) is 5.59. The summed E-state index contributed by atoms with van der Waals surface area (Å²) in [6, 6.07) is 2.20. The predicted octanol–water partition coefficient (Wildman–Crippen LogP) is 0.836. The minimum Gasteiger partial charge on any atom is -0.481 e. The number of hydrogen-bond acceptors (Lipinski definition) is 5. The molecule has 0 bridgehead atoms. The highest BCUT2D eigenvalue weighted by atomic mass is 16.5. The number of aliphatic hydroxyl groups is 1. The van der Waals surface area contributed by atoms with Gasteiger partial charge < -0.3 is 14.7 Å². The molecule has 2 rings (SSSR count). The van der Waals surface area contributed by atoms with Crippen LogP contribution in [-0.2, 0) is 0 Å². The molecular weight excluding hydrogens is 206 g/mol. The normalized spacial score (nSPS) is 15.6. The van der Waals surface area contributed by atoms with Gasteiger partial charge >= 0.3 is 0 Å². The van der Waals surface area contributed by atoms with Crippen molar-refractivity contribution in [1.82, 2.24) is 9.97 Å². The van der Waals surface area contributed by atoms with E-state index >= 15 is 0 Å². The van der Waals surface area contributed by atoms with Gasteiger partial charge in [-0.3, -0.25) is 0 Å². The molecule has 1 aromatic rings. The molecule has 0 spiro atoms. The number of anilines is 1. The van der Waals surface area contributed by atoms with Crippen molar-refractivity contribution in [3.63, 3.8) is 0 Å². The number of rotatable bonds is 5. The van der Waals surface area contributed by atoms with Crippen molar-refractivity contribution < 1.29 is 9.84 Å². The van der Waals surface area contributed by atoms with E-state index in [1.165, 1.54) is 6.42 Å². The van der Waals surface area contributed by atoms with Gasteiger partial charge in [0.05, 0.1) is 13.7 Å². The molecule has 88 valence electrons. The van der Waals surface area contributed by atoms with Crippen LogP contribution in [0.2, 0.25) is 0 Å². The van der Waals surface area contributed by atoms with Crippen molar-refractivity contribution in [2.75, 3.05) is 25.2 Å². The van der Waals surface area contributed by atoms with E-state index in [1.54, 1.807) is 19.4 Å². The van der Waals surface area contributed by atoms with Gasteiger partial charge in [-0.15, -0.1) is 0 Å². The maximum atomic E-state index is 9.06. The Balaban J connectivity index is 2.16. The SMILES string of the molecule is COc1ccnc(N(CCO)C2CCC2)n1. The molecule has 0 atom stereocenters. The van der Waals surface area contributed by atoms with E-state index in [0.29, 0.717) is 24.4 Å². The molecule has 1 fully saturated rings. The van der Waals surface area contributed by atoms with Gasteiger partial charge in [-0.1, -0.05) is 0 Å². The Morgan fingerprint density at radius 1 is 1.56 bits per heavy atom. The molecule has 16 heavy (non-hydrogen) atoms. The first-order valence-corrected chi connectivity index (χ1v) is 5.59. The van der Waals surface area contributed by atoms with E-state index in [-0.39, 0.29) is 6.61 Å². The largest absolute Gasteiger partial charge is 0.481 e. The Labute approximate surface area is 95.1 Å². The Hall–Kier alpha value is -1.36. The molecule has 1 saturated carbocycles. The third-order valence-corrected chi connectivity index (χ3v) is 2.94. The van der Waals surface area contributed by atoms with Gasteiger partial charge in [-0.05, 0) is 19.3 Å². The maximum Gasteiger partial charge on any atom is 0.228 e. The van der Waals surface area contributed by atoms with E-state index in [4.69, 9.17) is 9.84 Å². The van der Waals surface area contributed by atoms with Crippen LogP contribution >= 0.6 is 0 Å². The second kappa shape index (κ2) is 5.12. The van der Waals surface area contributed by atoms with Gasteiger partial charge in [0.25, 0.3) is 0 Å². The van der Waals surface area contributed by atoms with Crippen LogP contribution in [0.25, 0.3) is 0 Å². The number of aliphatic hydroxyl groups excluding tert-OH is 1. The minimum absolute atomic E-state index is 0.122. The topological polar surface area (TPSA) is 58.5 Å². The fourth-order valence-electron chi connectivity index (χ4n) is 1.84. The quantitative estimate of drug-likeness (QED) is 0.801. The molecule has 1 aliphatic carbocycles. The zero-order chi connectivity index (χ0) is 11.4. The van der Waals surface area contributed by atoms with Crippen LogP contribution in [0, 0.1) is 0 Å². The molecule has 1 aromatic heterocycles. The summed E-state index contributed by atoms with van der Waals surface area (Å²) in [6.07, 6.45) is 5.24. The monoisotopic (exact) mass is 223 g/mol. The second-order valence-corrected chi connectivity index (χ2v) is 3.90. The van der Waals surface area contributed by atoms with Gasteiger partial charge in [0.1, 0.15) is 0 Å². The van der Waals surface area contributed by atoms with E-state index in [2.05, 4.69) is 14.9 Å². The lowest BCUT2D eigenvalue weighted by molar-refractivity contribution is 0.281. The van der Waals surface area contributed by atoms with Crippen LogP contribution in [-0.4, -0.2) is 41.4 Å². The first-order chi connectivity index (χ1) is 7.85. The number of hydrogen-bond donors (Lipinski definition) is 1. The molecule has 1 heterocycles. The Morgan fingerprint density at radius 3 is 2.94 bits per heavy atom. The van der Waals surface area contributed by atoms with Crippen LogP contribution in [0.3, 0.4) is 0 Å². The summed E-state index contributed by atoms with van der Waals surface area (Å²) in [7, 11) is 1.59. The number of ether oxygens (including phenoxy) is 1. The minimum atomic E-state index is 0.122. The molecule has 0 radical (unpaired) electrons. The molecule has 0 aromatic carbocycles. The number of methoxy groups -OCH3 is 1. The van der Waals surface area contributed by atoms with Crippen molar-refractivity contribution >= 4 is 5.95 Å². The lowest BCUT2D eigenvalue weighted by atomic mass is 9.92. The van der Waals surface area contributed by atoms with E-state index in [0.717, 1.165) is 12.8 Å². The van der Waals surface area contributed by atoms with Crippen molar-refractivity contribution in [1.29, 1.82) is 0 Å². The van der Waals surface area contributed by atoms with Crippen molar-refractivity contribution in [3.8, 4) is 5.88 Å². The zero-order valence-corrected chi connectivity index (χ0v) is 9.46. The molecular formula is C11H17N3O2. The average molecular weight is 223 g/mol. The smallest absolute Gasteiger partial charge is 0.228 e. The van der Waals surface area contributed by atoms with Gasteiger partial charge in [0.15, 0.2) is 0 Å². The van der Waals surface area contributed by atoms with E-state index in [1.807, 2.05) is 0 Å². The molecule has 0 aliphatic heterocycles. The first kappa shape index (κ1) is 11.1. The zero-order valence-electron chi connectivity index (χ0n) is 9.46. The van der Waals surface area contributed by atoms with Crippen molar-refractivity contribution in [2.45, 2.75) is 25.3 Å². The van der Waals surface area contributed by atoms with E-state index in [9.17, 15) is 0 Å². The summed E-state index contributed by atoms with van der Waals surface area (Å²) in [5.41, 5.74) is 0. The highest BCUT2D eigenvalue weighted by Gasteiger charge is 2.26. The Kier molecular flexibility index (Phi) is 3.56. The summed E-state index contributed by atoms with van der Waals surface area (Å²) in [6.45, 7) is 0.703. The van der Waals surface area contributed by atoms with Gasteiger partial charge in [-0.25, -0.2) is 4.98 Å². The molecule has 5 nitrogen and oxygen atoms in total. The van der Waals surface area contributed by atoms with Gasteiger partial charge in [0.2, 0.25) is 11.8 Å². The van der Waals surface area contributed by atoms with Crippen LogP contribution in [0.1, 0.15) is 19.3 Å². The van der Waals surface area contributed by atoms with E-state index < -0.39 is 0 Å². The predicted molar refractivity (Wildman–Crippen MR) is 60.7 cm³/mol. The molecule has 1 aliphatic rings. The van der Waals surface area contributed by atoms with Gasteiger partial charge in [-0.2, -0.15) is 4.98 Å². The van der Waals surface area contributed by atoms with Crippen LogP contribution < -0.4 is 9.64 Å². The fourth-order valence-corrected chi connectivity index (χ4v) is 1.84. The third-order valence-electron chi connectivity index (χ3n) is 2.94. The van der Waals surface area contributed by atoms with Crippen LogP contribution in [0.5, 0.6) is 5.88 Å². The van der Waals surface area contributed by atoms with Crippen LogP contribution in [0.15, 0.2) is 12.3 Å². The molecule has 0 unspecified atom stereocenters. The molecule has 5 heteroatoms. The highest BCUT2D eigenvalue weighted by Crippen LogP contribution is 2.27. The Morgan fingerprint density at radius 2 is 2.38 bits per heavy atom. The summed E-state index contributed by atoms with van der Waals surface area (Å²) < 4.78 is 5.07. The van der Waals surface area contributed by atoms with Gasteiger partial charge in [0, 0.05) is 24.8 Å². The lowest BCUT2D eigenvalue weighted by Gasteiger charge is -2.37. The summed E-state index contributed by atoms with van der Waals surface area (Å²) in [4.78, 5) is 10.6. The third kappa shape index (κ3) is 2.24. The molecule has 0 amide bonds. The van der Waals surface area contributed by atoms with Crippen molar-refractivity contribution in [3.05, 3.63) is 12.3 Å². The summed E-state index contributed by atoms with van der Waals surface area (Å²) in [5, 5.41) is 9.06. The molecule has 1 N–H and O–H groups in total. The fraction of sp³-hybridized carbons (Fsp3) is 0.636. The number of nitrogens with zero attached hydrogens (tertiary/aromatic N) is 3. The van der Waals surface area contributed by atoms with Crippen molar-refractivity contribution in [2.24, 2.45) is 0 Å². The second-order valence-electron chi connectivity index (χ2n) is 3.90. The lowest BCUT2D eigenvalue weighted by Crippen LogP contribution is -2.42. The summed E-state index contributed by atoms with van der Waals surface area (Å²) in [5.74, 6) is 1.21. The average Bonchev–Trinajstić information content (AvgIpc) is 2.26. The highest BCUT2D eigenvalue weighted by molar-refractivity contribution is 5.34. The Bertz CT molecular complexity index is 342. The molecule has 0 saturated heterocycles. The maximum absolute atomic E-state index is 9.06. The van der Waals surface area contributed by atoms with Crippen LogP contribution in [0.4, 0.5) is 5.95 Å². The summed E-state index contributed by atoms with van der Waals surface area (Å²) >= 11 is 0. The standard InChI is InChI=1S/C11H17N3O2/c1-16-10-5-6-12-11(13-10)14(7-8-15)9-3-2-4-9/h5-6,9,15H,2-4,7-8H2,1H3. The number of aromatic nitrogens is 2.